The molecule has 1 aromatic rings. The second-order valence-corrected chi connectivity index (χ2v) is 4.53. The lowest BCUT2D eigenvalue weighted by molar-refractivity contribution is 0.138. The predicted octanol–water partition coefficient (Wildman–Crippen LogP) is 0.426. The fraction of sp³-hybridized carbons (Fsp3) is 0.538. The SMILES string of the molecule is OCC[C@@H](c1cccc(O)c1O)N1CCNCC1. The number of para-hydroxylation sites is 1. The highest BCUT2D eigenvalue weighted by Gasteiger charge is 2.24. The summed E-state index contributed by atoms with van der Waals surface area (Å²) in [4.78, 5) is 2.22. The highest BCUT2D eigenvalue weighted by molar-refractivity contribution is 5.46. The van der Waals surface area contributed by atoms with Crippen LogP contribution in [0, 0.1) is 0 Å². The highest BCUT2D eigenvalue weighted by Crippen LogP contribution is 2.36. The summed E-state index contributed by atoms with van der Waals surface area (Å²) in [6.07, 6.45) is 0.553. The smallest absolute Gasteiger partial charge is 0.162 e. The first-order valence-electron chi connectivity index (χ1n) is 6.30. The second kappa shape index (κ2) is 6.04. The number of nitrogens with one attached hydrogen (secondary N) is 1. The van der Waals surface area contributed by atoms with Gasteiger partial charge in [0.05, 0.1) is 0 Å². The predicted molar refractivity (Wildman–Crippen MR) is 68.7 cm³/mol. The Balaban J connectivity index is 2.25. The van der Waals surface area contributed by atoms with Crippen LogP contribution in [0.1, 0.15) is 18.0 Å². The maximum Gasteiger partial charge on any atom is 0.162 e. The number of phenols is 2. The number of nitrogens with zero attached hydrogens (tertiary/aromatic N) is 1. The number of aromatic hydroxyl groups is 2. The van der Waals surface area contributed by atoms with E-state index < -0.39 is 0 Å². The Labute approximate surface area is 107 Å². The number of benzene rings is 1. The quantitative estimate of drug-likeness (QED) is 0.585. The molecule has 1 aliphatic heterocycles. The first-order valence-corrected chi connectivity index (χ1v) is 6.30. The third-order valence-corrected chi connectivity index (χ3v) is 3.40. The van der Waals surface area contributed by atoms with Gasteiger partial charge in [-0.2, -0.15) is 0 Å². The molecule has 0 saturated carbocycles. The van der Waals surface area contributed by atoms with E-state index in [4.69, 9.17) is 0 Å². The van der Waals surface area contributed by atoms with Crippen molar-refractivity contribution >= 4 is 0 Å². The van der Waals surface area contributed by atoms with Crippen LogP contribution in [0.2, 0.25) is 0 Å². The number of piperazine rings is 1. The van der Waals surface area contributed by atoms with Crippen LogP contribution in [0.5, 0.6) is 11.5 Å². The van der Waals surface area contributed by atoms with Crippen molar-refractivity contribution in [2.24, 2.45) is 0 Å². The average Bonchev–Trinajstić information content (AvgIpc) is 2.41. The maximum atomic E-state index is 9.95. The molecule has 0 aliphatic carbocycles. The zero-order valence-electron chi connectivity index (χ0n) is 10.3. The Morgan fingerprint density at radius 2 is 1.94 bits per heavy atom. The molecule has 0 unspecified atom stereocenters. The largest absolute Gasteiger partial charge is 0.504 e. The molecule has 2 rings (SSSR count). The van der Waals surface area contributed by atoms with Crippen molar-refractivity contribution in [1.82, 2.24) is 10.2 Å². The third kappa shape index (κ3) is 2.75. The Bertz CT molecular complexity index is 392. The van der Waals surface area contributed by atoms with E-state index in [-0.39, 0.29) is 24.1 Å². The zero-order chi connectivity index (χ0) is 13.0. The fourth-order valence-electron chi connectivity index (χ4n) is 2.47. The van der Waals surface area contributed by atoms with Crippen LogP contribution in [0.3, 0.4) is 0 Å². The monoisotopic (exact) mass is 252 g/mol. The molecule has 0 spiro atoms. The van der Waals surface area contributed by atoms with Gasteiger partial charge in [0.1, 0.15) is 0 Å². The molecule has 1 aliphatic rings. The van der Waals surface area contributed by atoms with Crippen LogP contribution in [-0.2, 0) is 0 Å². The number of aliphatic hydroxyl groups is 1. The lowest BCUT2D eigenvalue weighted by atomic mass is 10.00. The lowest BCUT2D eigenvalue weighted by Crippen LogP contribution is -2.45. The van der Waals surface area contributed by atoms with E-state index >= 15 is 0 Å². The van der Waals surface area contributed by atoms with Crippen molar-refractivity contribution in [3.63, 3.8) is 0 Å². The normalized spacial score (nSPS) is 18.7. The van der Waals surface area contributed by atoms with Gasteiger partial charge in [0.15, 0.2) is 11.5 Å². The summed E-state index contributed by atoms with van der Waals surface area (Å²) in [6.45, 7) is 3.62. The van der Waals surface area contributed by atoms with Crippen molar-refractivity contribution in [2.75, 3.05) is 32.8 Å². The average molecular weight is 252 g/mol. The molecule has 0 aromatic heterocycles. The van der Waals surface area contributed by atoms with Gasteiger partial charge in [0.25, 0.3) is 0 Å². The van der Waals surface area contributed by atoms with E-state index in [1.165, 1.54) is 6.07 Å². The maximum absolute atomic E-state index is 9.95. The molecule has 1 atom stereocenters. The van der Waals surface area contributed by atoms with Gasteiger partial charge >= 0.3 is 0 Å². The van der Waals surface area contributed by atoms with Gasteiger partial charge in [-0.15, -0.1) is 0 Å². The third-order valence-electron chi connectivity index (χ3n) is 3.40. The van der Waals surface area contributed by atoms with Gasteiger partial charge in [-0.1, -0.05) is 12.1 Å². The van der Waals surface area contributed by atoms with Crippen LogP contribution >= 0.6 is 0 Å². The van der Waals surface area contributed by atoms with Gasteiger partial charge in [-0.25, -0.2) is 0 Å². The van der Waals surface area contributed by atoms with Crippen molar-refractivity contribution < 1.29 is 15.3 Å². The number of rotatable bonds is 4. The van der Waals surface area contributed by atoms with E-state index in [1.807, 2.05) is 0 Å². The summed E-state index contributed by atoms with van der Waals surface area (Å²) in [5.74, 6) is -0.181. The summed E-state index contributed by atoms with van der Waals surface area (Å²) in [6, 6.07) is 4.94. The first kappa shape index (κ1) is 13.1. The molecule has 1 heterocycles. The molecule has 0 radical (unpaired) electrons. The van der Waals surface area contributed by atoms with Crippen LogP contribution < -0.4 is 5.32 Å². The lowest BCUT2D eigenvalue weighted by Gasteiger charge is -2.35. The molecular weight excluding hydrogens is 232 g/mol. The molecule has 5 heteroatoms. The molecule has 0 amide bonds. The van der Waals surface area contributed by atoms with Crippen LogP contribution in [0.15, 0.2) is 18.2 Å². The molecule has 0 bridgehead atoms. The minimum Gasteiger partial charge on any atom is -0.504 e. The summed E-state index contributed by atoms with van der Waals surface area (Å²) >= 11 is 0. The Morgan fingerprint density at radius 1 is 1.22 bits per heavy atom. The second-order valence-electron chi connectivity index (χ2n) is 4.53. The molecule has 1 fully saturated rings. The number of hydrogen-bond donors (Lipinski definition) is 4. The van der Waals surface area contributed by atoms with Crippen molar-refractivity contribution in [2.45, 2.75) is 12.5 Å². The molecule has 5 nitrogen and oxygen atoms in total. The van der Waals surface area contributed by atoms with Gasteiger partial charge in [-0.3, -0.25) is 4.90 Å². The summed E-state index contributed by atoms with van der Waals surface area (Å²) in [5.41, 5.74) is 0.686. The van der Waals surface area contributed by atoms with E-state index in [1.54, 1.807) is 12.1 Å². The van der Waals surface area contributed by atoms with Crippen molar-refractivity contribution in [3.8, 4) is 11.5 Å². The van der Waals surface area contributed by atoms with Crippen LogP contribution in [0.4, 0.5) is 0 Å². The standard InChI is InChI=1S/C13H20N2O3/c16-9-4-11(15-7-5-14-6-8-15)10-2-1-3-12(17)13(10)18/h1-3,11,14,16-18H,4-9H2/t11-/m0/s1. The van der Waals surface area contributed by atoms with E-state index in [2.05, 4.69) is 10.2 Å². The van der Waals surface area contributed by atoms with Gasteiger partial charge in [0, 0.05) is 44.4 Å². The Morgan fingerprint density at radius 3 is 2.61 bits per heavy atom. The van der Waals surface area contributed by atoms with Crippen LogP contribution in [-0.4, -0.2) is 53.0 Å². The summed E-state index contributed by atoms with van der Waals surface area (Å²) < 4.78 is 0. The van der Waals surface area contributed by atoms with Gasteiger partial charge in [-0.05, 0) is 12.5 Å². The Hall–Kier alpha value is -1.30. The number of hydrogen-bond acceptors (Lipinski definition) is 5. The summed E-state index contributed by atoms with van der Waals surface area (Å²) in [5, 5.41) is 32.0. The minimum absolute atomic E-state index is 0.0517. The fourth-order valence-corrected chi connectivity index (χ4v) is 2.47. The van der Waals surface area contributed by atoms with Gasteiger partial charge < -0.3 is 20.6 Å². The van der Waals surface area contributed by atoms with Crippen LogP contribution in [0.25, 0.3) is 0 Å². The van der Waals surface area contributed by atoms with Gasteiger partial charge in [0.2, 0.25) is 0 Å². The molecule has 1 aromatic carbocycles. The molecule has 100 valence electrons. The van der Waals surface area contributed by atoms with Crippen molar-refractivity contribution in [1.29, 1.82) is 0 Å². The zero-order valence-corrected chi connectivity index (χ0v) is 10.3. The number of phenolic OH excluding ortho intramolecular Hbond substituents is 2. The Kier molecular flexibility index (Phi) is 4.41. The molecule has 4 N–H and O–H groups in total. The highest BCUT2D eigenvalue weighted by atomic mass is 16.3. The van der Waals surface area contributed by atoms with E-state index in [0.29, 0.717) is 12.0 Å². The minimum atomic E-state index is -0.106. The first-order chi connectivity index (χ1) is 8.74. The molecular formula is C13H20N2O3. The van der Waals surface area contributed by atoms with E-state index in [9.17, 15) is 15.3 Å². The van der Waals surface area contributed by atoms with E-state index in [0.717, 1.165) is 26.2 Å². The van der Waals surface area contributed by atoms with Crippen molar-refractivity contribution in [3.05, 3.63) is 23.8 Å². The number of aliphatic hydroxyl groups excluding tert-OH is 1. The molecule has 1 saturated heterocycles. The summed E-state index contributed by atoms with van der Waals surface area (Å²) in [7, 11) is 0. The topological polar surface area (TPSA) is 76.0 Å². The molecule has 18 heavy (non-hydrogen) atoms.